The van der Waals surface area contributed by atoms with Crippen molar-refractivity contribution < 1.29 is 4.74 Å². The summed E-state index contributed by atoms with van der Waals surface area (Å²) in [5.41, 5.74) is 9.20. The Labute approximate surface area is 137 Å². The fourth-order valence-electron chi connectivity index (χ4n) is 2.75. The van der Waals surface area contributed by atoms with Crippen LogP contribution in [0.3, 0.4) is 0 Å². The smallest absolute Gasteiger partial charge is 0.153 e. The molecule has 0 amide bonds. The Balaban J connectivity index is 1.76. The van der Waals surface area contributed by atoms with Gasteiger partial charge in [0, 0.05) is 12.6 Å². The molecular weight excluding hydrogens is 286 g/mol. The summed E-state index contributed by atoms with van der Waals surface area (Å²) in [6, 6.07) is 16.9. The molecule has 2 unspecified atom stereocenters. The largest absolute Gasteiger partial charge is 0.481 e. The van der Waals surface area contributed by atoms with Crippen LogP contribution in [-0.4, -0.2) is 11.9 Å². The van der Waals surface area contributed by atoms with Gasteiger partial charge in [0.25, 0.3) is 0 Å². The van der Waals surface area contributed by atoms with Crippen LogP contribution in [0.1, 0.15) is 37.4 Å². The number of hydrogen-bond acceptors (Lipinski definition) is 4. The van der Waals surface area contributed by atoms with E-state index in [9.17, 15) is 0 Å². The summed E-state index contributed by atoms with van der Waals surface area (Å²) >= 11 is 0. The van der Waals surface area contributed by atoms with Crippen molar-refractivity contribution in [2.45, 2.75) is 39.0 Å². The standard InChI is InChI=1S/C19H23N3O/c1-3-16(21-12-14-7-5-4-6-8-14)15-9-10-18-17(11-15)22-19(20)13(2)23-18/h4-11,13,16,21H,3,12H2,1-2H3,(H2,20,22). The van der Waals surface area contributed by atoms with Gasteiger partial charge in [-0.2, -0.15) is 0 Å². The molecule has 0 radical (unpaired) electrons. The average Bonchev–Trinajstić information content (AvgIpc) is 2.57. The summed E-state index contributed by atoms with van der Waals surface area (Å²) in [6.07, 6.45) is 0.841. The van der Waals surface area contributed by atoms with Gasteiger partial charge in [0.15, 0.2) is 6.10 Å². The number of ether oxygens (including phenoxy) is 1. The molecular formula is C19H23N3O. The number of rotatable bonds is 5. The number of nitrogens with one attached hydrogen (secondary N) is 1. The molecule has 23 heavy (non-hydrogen) atoms. The van der Waals surface area contributed by atoms with Gasteiger partial charge in [-0.1, -0.05) is 43.3 Å². The normalized spacial score (nSPS) is 17.8. The molecule has 0 bridgehead atoms. The quantitative estimate of drug-likeness (QED) is 0.885. The van der Waals surface area contributed by atoms with Crippen molar-refractivity contribution in [2.24, 2.45) is 10.7 Å². The van der Waals surface area contributed by atoms with E-state index in [1.165, 1.54) is 11.1 Å². The molecule has 4 nitrogen and oxygen atoms in total. The van der Waals surface area contributed by atoms with Gasteiger partial charge in [0.05, 0.1) is 0 Å². The molecule has 1 aliphatic heterocycles. The lowest BCUT2D eigenvalue weighted by atomic mass is 10.0. The SMILES string of the molecule is CCC(NCc1ccccc1)c1ccc2c(c1)N=C(N)C(C)O2. The van der Waals surface area contributed by atoms with E-state index in [1.807, 2.05) is 19.1 Å². The summed E-state index contributed by atoms with van der Waals surface area (Å²) in [6.45, 7) is 4.93. The van der Waals surface area contributed by atoms with E-state index >= 15 is 0 Å². The van der Waals surface area contributed by atoms with Crippen molar-refractivity contribution in [1.82, 2.24) is 5.32 Å². The number of hydrogen-bond donors (Lipinski definition) is 2. The summed E-state index contributed by atoms with van der Waals surface area (Å²) in [4.78, 5) is 4.46. The third-order valence-corrected chi connectivity index (χ3v) is 4.16. The molecule has 3 rings (SSSR count). The second kappa shape index (κ2) is 6.84. The maximum absolute atomic E-state index is 5.90. The van der Waals surface area contributed by atoms with Gasteiger partial charge in [-0.05, 0) is 36.6 Å². The van der Waals surface area contributed by atoms with Crippen molar-refractivity contribution in [2.75, 3.05) is 0 Å². The van der Waals surface area contributed by atoms with Crippen molar-refractivity contribution in [3.63, 3.8) is 0 Å². The maximum atomic E-state index is 5.90. The lowest BCUT2D eigenvalue weighted by Crippen LogP contribution is -2.33. The number of aliphatic imine (C=N–C) groups is 1. The summed E-state index contributed by atoms with van der Waals surface area (Å²) in [5, 5.41) is 3.61. The van der Waals surface area contributed by atoms with Crippen LogP contribution in [0, 0.1) is 0 Å². The fourth-order valence-corrected chi connectivity index (χ4v) is 2.75. The van der Waals surface area contributed by atoms with Crippen LogP contribution in [0.2, 0.25) is 0 Å². The van der Waals surface area contributed by atoms with Crippen LogP contribution in [0.25, 0.3) is 0 Å². The van der Waals surface area contributed by atoms with Crippen LogP contribution < -0.4 is 15.8 Å². The molecule has 2 atom stereocenters. The second-order valence-corrected chi connectivity index (χ2v) is 5.85. The Kier molecular flexibility index (Phi) is 4.63. The lowest BCUT2D eigenvalue weighted by molar-refractivity contribution is 0.281. The van der Waals surface area contributed by atoms with E-state index in [4.69, 9.17) is 10.5 Å². The fraction of sp³-hybridized carbons (Fsp3) is 0.316. The minimum Gasteiger partial charge on any atom is -0.481 e. The van der Waals surface area contributed by atoms with Gasteiger partial charge in [-0.3, -0.25) is 0 Å². The van der Waals surface area contributed by atoms with Crippen LogP contribution in [0.5, 0.6) is 5.75 Å². The highest BCUT2D eigenvalue weighted by molar-refractivity contribution is 5.89. The highest BCUT2D eigenvalue weighted by Gasteiger charge is 2.19. The Morgan fingerprint density at radius 3 is 2.74 bits per heavy atom. The molecule has 0 saturated carbocycles. The predicted octanol–water partition coefficient (Wildman–Crippen LogP) is 3.70. The highest BCUT2D eigenvalue weighted by Crippen LogP contribution is 2.34. The van der Waals surface area contributed by atoms with E-state index in [1.54, 1.807) is 0 Å². The molecule has 2 aromatic rings. The van der Waals surface area contributed by atoms with Crippen LogP contribution in [0.15, 0.2) is 53.5 Å². The molecule has 0 spiro atoms. The number of amidine groups is 1. The molecule has 0 saturated heterocycles. The molecule has 2 aromatic carbocycles. The zero-order chi connectivity index (χ0) is 16.2. The van der Waals surface area contributed by atoms with Crippen LogP contribution >= 0.6 is 0 Å². The maximum Gasteiger partial charge on any atom is 0.153 e. The minimum atomic E-state index is -0.161. The summed E-state index contributed by atoms with van der Waals surface area (Å²) in [5.74, 6) is 1.33. The van der Waals surface area contributed by atoms with Crippen molar-refractivity contribution in [3.8, 4) is 5.75 Å². The van der Waals surface area contributed by atoms with E-state index in [0.717, 1.165) is 24.4 Å². The zero-order valence-electron chi connectivity index (χ0n) is 13.6. The Morgan fingerprint density at radius 2 is 2.00 bits per heavy atom. The van der Waals surface area contributed by atoms with Crippen LogP contribution in [0.4, 0.5) is 5.69 Å². The Hall–Kier alpha value is -2.33. The van der Waals surface area contributed by atoms with E-state index in [-0.39, 0.29) is 12.1 Å². The lowest BCUT2D eigenvalue weighted by Gasteiger charge is -2.23. The molecule has 3 N–H and O–H groups in total. The summed E-state index contributed by atoms with van der Waals surface area (Å²) < 4.78 is 5.77. The first-order valence-electron chi connectivity index (χ1n) is 8.09. The second-order valence-electron chi connectivity index (χ2n) is 5.85. The predicted molar refractivity (Wildman–Crippen MR) is 94.1 cm³/mol. The van der Waals surface area contributed by atoms with Crippen LogP contribution in [-0.2, 0) is 6.54 Å². The zero-order valence-corrected chi connectivity index (χ0v) is 13.6. The average molecular weight is 309 g/mol. The Bertz CT molecular complexity index is 697. The van der Waals surface area contributed by atoms with E-state index < -0.39 is 0 Å². The molecule has 0 aliphatic carbocycles. The van der Waals surface area contributed by atoms with E-state index in [0.29, 0.717) is 5.84 Å². The monoisotopic (exact) mass is 309 g/mol. The van der Waals surface area contributed by atoms with Gasteiger partial charge in [0.1, 0.15) is 17.3 Å². The van der Waals surface area contributed by atoms with Crippen molar-refractivity contribution >= 4 is 11.5 Å². The molecule has 120 valence electrons. The minimum absolute atomic E-state index is 0.161. The van der Waals surface area contributed by atoms with Gasteiger partial charge in [-0.15, -0.1) is 0 Å². The number of nitrogens with two attached hydrogens (primary N) is 1. The van der Waals surface area contributed by atoms with E-state index in [2.05, 4.69) is 53.6 Å². The first-order chi connectivity index (χ1) is 11.2. The third-order valence-electron chi connectivity index (χ3n) is 4.16. The topological polar surface area (TPSA) is 59.6 Å². The first kappa shape index (κ1) is 15.6. The molecule has 0 aromatic heterocycles. The molecule has 4 heteroatoms. The number of fused-ring (bicyclic) bond motifs is 1. The molecule has 1 heterocycles. The third kappa shape index (κ3) is 3.54. The molecule has 0 fully saturated rings. The van der Waals surface area contributed by atoms with Gasteiger partial charge >= 0.3 is 0 Å². The summed E-state index contributed by atoms with van der Waals surface area (Å²) in [7, 11) is 0. The van der Waals surface area contributed by atoms with Gasteiger partial charge in [0.2, 0.25) is 0 Å². The van der Waals surface area contributed by atoms with Gasteiger partial charge in [-0.25, -0.2) is 4.99 Å². The van der Waals surface area contributed by atoms with Crippen molar-refractivity contribution in [1.29, 1.82) is 0 Å². The molecule has 1 aliphatic rings. The van der Waals surface area contributed by atoms with Crippen molar-refractivity contribution in [3.05, 3.63) is 59.7 Å². The van der Waals surface area contributed by atoms with Gasteiger partial charge < -0.3 is 15.8 Å². The highest BCUT2D eigenvalue weighted by atomic mass is 16.5. The Morgan fingerprint density at radius 1 is 1.22 bits per heavy atom. The number of nitrogens with zero attached hydrogens (tertiary/aromatic N) is 1. The first-order valence-corrected chi connectivity index (χ1v) is 8.09. The number of benzene rings is 2.